The van der Waals surface area contributed by atoms with Crippen molar-refractivity contribution in [3.63, 3.8) is 0 Å². The highest BCUT2D eigenvalue weighted by Gasteiger charge is 2.90. The van der Waals surface area contributed by atoms with Crippen molar-refractivity contribution < 1.29 is 15.3 Å². The standard InChI is InChI=1S/C20H27NO3/c1-8-3-19-6-10-15-18(2)4-9(22)5-20(15)16(19)14(24)11(8)13(23)12(19)17(20)21(10)7-18/h9-17,22-24H,1,3-7H2,2H3/t9-,10-,11-,12-,13-,14+,15?,16?,17+,18-,19-,20-/m0/s1. The minimum atomic E-state index is -0.460. The summed E-state index contributed by atoms with van der Waals surface area (Å²) in [5.41, 5.74) is 1.37. The number of hydrogen-bond acceptors (Lipinski definition) is 4. The van der Waals surface area contributed by atoms with Crippen LogP contribution in [0.15, 0.2) is 12.2 Å². The Morgan fingerprint density at radius 1 is 1.08 bits per heavy atom. The van der Waals surface area contributed by atoms with E-state index in [0.29, 0.717) is 18.0 Å². The molecule has 0 radical (unpaired) electrons. The van der Waals surface area contributed by atoms with Gasteiger partial charge in [0.05, 0.1) is 18.3 Å². The van der Waals surface area contributed by atoms with E-state index in [0.717, 1.165) is 37.8 Å². The maximum Gasteiger partial charge on any atom is 0.0679 e. The predicted molar refractivity (Wildman–Crippen MR) is 86.8 cm³/mol. The number of piperidine rings is 2. The van der Waals surface area contributed by atoms with Crippen LogP contribution in [-0.2, 0) is 0 Å². The Kier molecular flexibility index (Phi) is 1.95. The van der Waals surface area contributed by atoms with Crippen LogP contribution in [0.1, 0.15) is 32.6 Å². The van der Waals surface area contributed by atoms with E-state index >= 15 is 0 Å². The average Bonchev–Trinajstić information content (AvgIpc) is 2.88. The first kappa shape index (κ1) is 13.7. The van der Waals surface area contributed by atoms with Gasteiger partial charge in [-0.2, -0.15) is 0 Å². The summed E-state index contributed by atoms with van der Waals surface area (Å²) < 4.78 is 0. The lowest BCUT2D eigenvalue weighted by Crippen LogP contribution is -2.67. The molecule has 9 bridgehead atoms. The molecule has 130 valence electrons. The summed E-state index contributed by atoms with van der Waals surface area (Å²) in [4.78, 5) is 2.73. The second-order valence-corrected chi connectivity index (χ2v) is 10.8. The molecule has 6 saturated carbocycles. The molecule has 0 aromatic rings. The van der Waals surface area contributed by atoms with Gasteiger partial charge < -0.3 is 15.3 Å². The molecule has 3 unspecified atom stereocenters. The number of fused-ring (bicyclic) bond motifs is 1. The molecular formula is C20H27NO3. The van der Waals surface area contributed by atoms with Gasteiger partial charge in [0.1, 0.15) is 0 Å². The van der Waals surface area contributed by atoms with Gasteiger partial charge in [-0.1, -0.05) is 19.1 Å². The zero-order valence-electron chi connectivity index (χ0n) is 14.2. The molecule has 9 rings (SSSR count). The molecule has 3 N–H and O–H groups in total. The van der Waals surface area contributed by atoms with Crippen molar-refractivity contribution in [2.45, 2.75) is 63.0 Å². The van der Waals surface area contributed by atoms with Crippen molar-refractivity contribution in [1.82, 2.24) is 4.90 Å². The van der Waals surface area contributed by atoms with Crippen LogP contribution in [0.5, 0.6) is 0 Å². The van der Waals surface area contributed by atoms with Gasteiger partial charge in [0.15, 0.2) is 0 Å². The van der Waals surface area contributed by atoms with E-state index in [1.165, 1.54) is 0 Å². The van der Waals surface area contributed by atoms with E-state index in [9.17, 15) is 15.3 Å². The van der Waals surface area contributed by atoms with Crippen LogP contribution >= 0.6 is 0 Å². The van der Waals surface area contributed by atoms with Crippen molar-refractivity contribution >= 4 is 0 Å². The predicted octanol–water partition coefficient (Wildman–Crippen LogP) is 0.764. The molecule has 24 heavy (non-hydrogen) atoms. The van der Waals surface area contributed by atoms with Crippen LogP contribution < -0.4 is 0 Å². The van der Waals surface area contributed by atoms with Crippen molar-refractivity contribution in [3.8, 4) is 0 Å². The molecule has 3 saturated heterocycles. The lowest BCUT2D eigenvalue weighted by atomic mass is 9.39. The first-order valence-electron chi connectivity index (χ1n) is 9.83. The highest BCUT2D eigenvalue weighted by atomic mass is 16.3. The van der Waals surface area contributed by atoms with E-state index in [4.69, 9.17) is 0 Å². The molecule has 9 aliphatic rings. The van der Waals surface area contributed by atoms with E-state index in [2.05, 4.69) is 18.4 Å². The molecule has 13 atom stereocenters. The molecule has 3 aliphatic heterocycles. The van der Waals surface area contributed by atoms with Gasteiger partial charge in [0.2, 0.25) is 0 Å². The number of aliphatic hydroxyl groups excluding tert-OH is 3. The Morgan fingerprint density at radius 2 is 1.88 bits per heavy atom. The summed E-state index contributed by atoms with van der Waals surface area (Å²) in [7, 11) is 0. The van der Waals surface area contributed by atoms with Gasteiger partial charge in [0, 0.05) is 30.5 Å². The summed E-state index contributed by atoms with van der Waals surface area (Å²) in [6.07, 6.45) is 2.76. The van der Waals surface area contributed by atoms with Crippen LogP contribution in [0.4, 0.5) is 0 Å². The highest BCUT2D eigenvalue weighted by Crippen LogP contribution is 2.86. The molecule has 9 fully saturated rings. The highest BCUT2D eigenvalue weighted by molar-refractivity contribution is 5.43. The third kappa shape index (κ3) is 0.980. The van der Waals surface area contributed by atoms with Gasteiger partial charge in [-0.05, 0) is 53.8 Å². The van der Waals surface area contributed by atoms with E-state index in [1.54, 1.807) is 0 Å². The first-order chi connectivity index (χ1) is 11.4. The van der Waals surface area contributed by atoms with Crippen molar-refractivity contribution in [3.05, 3.63) is 12.2 Å². The van der Waals surface area contributed by atoms with Crippen LogP contribution in [0, 0.1) is 39.9 Å². The summed E-state index contributed by atoms with van der Waals surface area (Å²) in [6, 6.07) is 0.999. The van der Waals surface area contributed by atoms with Crippen LogP contribution in [0.2, 0.25) is 0 Å². The van der Waals surface area contributed by atoms with Gasteiger partial charge in [-0.25, -0.2) is 0 Å². The molecular weight excluding hydrogens is 302 g/mol. The Bertz CT molecular complexity index is 709. The fraction of sp³-hybridized carbons (Fsp3) is 0.900. The van der Waals surface area contributed by atoms with Gasteiger partial charge in [-0.3, -0.25) is 4.90 Å². The van der Waals surface area contributed by atoms with Gasteiger partial charge >= 0.3 is 0 Å². The SMILES string of the molecule is C=C1C[C@@]23C[C@H]4C5[C@@]6(C)C[C@H](O)C[C@@]57C2[C@H](O)[C@@H]1[C@H](O)[C@H]3[C@H]7N4C6. The number of nitrogens with zero attached hydrogens (tertiary/aromatic N) is 1. The molecule has 4 nitrogen and oxygen atoms in total. The lowest BCUT2D eigenvalue weighted by molar-refractivity contribution is -0.213. The fourth-order valence-electron chi connectivity index (χ4n) is 10.7. The fourth-order valence-corrected chi connectivity index (χ4v) is 10.7. The Morgan fingerprint density at radius 3 is 2.67 bits per heavy atom. The average molecular weight is 329 g/mol. The van der Waals surface area contributed by atoms with Crippen LogP contribution in [0.3, 0.4) is 0 Å². The summed E-state index contributed by atoms with van der Waals surface area (Å²) >= 11 is 0. The molecule has 0 aromatic heterocycles. The zero-order valence-corrected chi connectivity index (χ0v) is 14.2. The second-order valence-electron chi connectivity index (χ2n) is 10.8. The van der Waals surface area contributed by atoms with Gasteiger partial charge in [-0.15, -0.1) is 0 Å². The molecule has 3 heterocycles. The normalized spacial score (nSPS) is 76.1. The van der Waals surface area contributed by atoms with Crippen molar-refractivity contribution in [1.29, 1.82) is 0 Å². The molecule has 0 amide bonds. The van der Waals surface area contributed by atoms with Crippen LogP contribution in [-0.4, -0.2) is 57.2 Å². The maximum atomic E-state index is 11.3. The number of rotatable bonds is 0. The monoisotopic (exact) mass is 329 g/mol. The molecule has 2 spiro atoms. The largest absolute Gasteiger partial charge is 0.393 e. The Balaban J connectivity index is 1.54. The summed E-state index contributed by atoms with van der Waals surface area (Å²) in [5, 5.41) is 33.3. The quantitative estimate of drug-likeness (QED) is 0.574. The molecule has 6 aliphatic carbocycles. The summed E-state index contributed by atoms with van der Waals surface area (Å²) in [6.45, 7) is 7.72. The Labute approximate surface area is 142 Å². The third-order valence-electron chi connectivity index (χ3n) is 10.1. The second kappa shape index (κ2) is 3.40. The van der Waals surface area contributed by atoms with Crippen LogP contribution in [0.25, 0.3) is 0 Å². The van der Waals surface area contributed by atoms with E-state index in [1.807, 2.05) is 0 Å². The topological polar surface area (TPSA) is 63.9 Å². The lowest BCUT2D eigenvalue weighted by Gasteiger charge is -2.65. The molecule has 4 heteroatoms. The van der Waals surface area contributed by atoms with E-state index < -0.39 is 12.2 Å². The number of aliphatic hydroxyl groups is 3. The smallest absolute Gasteiger partial charge is 0.0679 e. The first-order valence-corrected chi connectivity index (χ1v) is 9.83. The zero-order chi connectivity index (χ0) is 16.4. The molecule has 0 aromatic carbocycles. The third-order valence-corrected chi connectivity index (χ3v) is 10.1. The minimum absolute atomic E-state index is 0.0358. The Hall–Kier alpha value is -0.420. The van der Waals surface area contributed by atoms with Crippen molar-refractivity contribution in [2.24, 2.45) is 39.9 Å². The minimum Gasteiger partial charge on any atom is -0.393 e. The maximum absolute atomic E-state index is 11.3. The van der Waals surface area contributed by atoms with Gasteiger partial charge in [0.25, 0.3) is 0 Å². The van der Waals surface area contributed by atoms with Crippen molar-refractivity contribution in [2.75, 3.05) is 6.54 Å². The summed E-state index contributed by atoms with van der Waals surface area (Å²) in [5.74, 6) is 1.02. The van der Waals surface area contributed by atoms with E-state index in [-0.39, 0.29) is 40.1 Å². The number of hydrogen-bond donors (Lipinski definition) is 3.